The van der Waals surface area contributed by atoms with Crippen molar-refractivity contribution in [1.29, 1.82) is 0 Å². The number of carbonyl (C=O) groups is 2. The van der Waals surface area contributed by atoms with Crippen LogP contribution in [-0.4, -0.2) is 41.7 Å². The van der Waals surface area contributed by atoms with E-state index < -0.39 is 11.4 Å². The lowest BCUT2D eigenvalue weighted by Gasteiger charge is -2.13. The summed E-state index contributed by atoms with van der Waals surface area (Å²) in [4.78, 5) is 22.3. The van der Waals surface area contributed by atoms with Gasteiger partial charge in [-0.05, 0) is 25.5 Å². The minimum atomic E-state index is -0.811. The molecule has 0 saturated heterocycles. The number of carboxylic acid groups (broad SMARTS) is 1. The number of hydrogen-bond donors (Lipinski definition) is 3. The number of carbonyl (C=O) groups excluding carboxylic acids is 1. The van der Waals surface area contributed by atoms with Crippen LogP contribution in [0.15, 0.2) is 0 Å². The fraction of sp³-hybridized carbons (Fsp3) is 0.818. The van der Waals surface area contributed by atoms with Gasteiger partial charge in [0.25, 0.3) is 0 Å². The number of rotatable bonds is 7. The van der Waals surface area contributed by atoms with E-state index in [0.29, 0.717) is 24.6 Å². The second kappa shape index (κ2) is 6.14. The molecule has 2 amide bonds. The third-order valence-corrected chi connectivity index (χ3v) is 4.17. The van der Waals surface area contributed by atoms with Crippen molar-refractivity contribution in [2.75, 3.05) is 19.3 Å². The van der Waals surface area contributed by atoms with Crippen molar-refractivity contribution in [3.8, 4) is 0 Å². The summed E-state index contributed by atoms with van der Waals surface area (Å²) >= 11 is 1.76. The van der Waals surface area contributed by atoms with Gasteiger partial charge >= 0.3 is 12.0 Å². The first-order chi connectivity index (χ1) is 8.00. The van der Waals surface area contributed by atoms with Gasteiger partial charge in [0.1, 0.15) is 0 Å². The van der Waals surface area contributed by atoms with Crippen molar-refractivity contribution in [3.05, 3.63) is 0 Å². The van der Waals surface area contributed by atoms with Crippen molar-refractivity contribution >= 4 is 23.8 Å². The summed E-state index contributed by atoms with van der Waals surface area (Å²) in [5, 5.41) is 14.8. The van der Waals surface area contributed by atoms with E-state index in [-0.39, 0.29) is 12.6 Å². The molecular formula is C11H20N2O3S. The molecule has 0 aromatic heterocycles. The molecule has 0 aromatic carbocycles. The molecule has 0 spiro atoms. The number of nitrogens with one attached hydrogen (secondary N) is 2. The highest BCUT2D eigenvalue weighted by atomic mass is 32.2. The number of thioether (sulfide) groups is 1. The second-order valence-electron chi connectivity index (χ2n) is 4.53. The van der Waals surface area contributed by atoms with Gasteiger partial charge in [-0.1, -0.05) is 6.92 Å². The molecule has 5 nitrogen and oxygen atoms in total. The maximum Gasteiger partial charge on any atom is 0.314 e. The van der Waals surface area contributed by atoms with Gasteiger partial charge in [-0.3, -0.25) is 4.79 Å². The quantitative estimate of drug-likeness (QED) is 0.644. The molecule has 1 aliphatic carbocycles. The Bertz CT molecular complexity index is 292. The molecule has 98 valence electrons. The Kier molecular flexibility index (Phi) is 5.11. The maximum atomic E-state index is 11.4. The van der Waals surface area contributed by atoms with Crippen LogP contribution in [0.1, 0.15) is 26.2 Å². The standard InChI is InChI=1S/C11H20N2O3S/c1-8(17-2)3-6-12-10(16)13-7-11(4-5-11)9(14)15/h8H,3-7H2,1-2H3,(H,14,15)(H2,12,13,16). The number of aliphatic carboxylic acids is 1. The highest BCUT2D eigenvalue weighted by molar-refractivity contribution is 7.99. The lowest BCUT2D eigenvalue weighted by atomic mass is 10.1. The van der Waals surface area contributed by atoms with E-state index in [1.54, 1.807) is 11.8 Å². The Morgan fingerprint density at radius 1 is 1.41 bits per heavy atom. The molecule has 0 bridgehead atoms. The summed E-state index contributed by atoms with van der Waals surface area (Å²) in [6.07, 6.45) is 4.27. The van der Waals surface area contributed by atoms with Crippen molar-refractivity contribution in [2.24, 2.45) is 5.41 Å². The molecule has 1 atom stereocenters. The van der Waals surface area contributed by atoms with Gasteiger partial charge in [-0.2, -0.15) is 11.8 Å². The van der Waals surface area contributed by atoms with Crippen LogP contribution in [0.25, 0.3) is 0 Å². The predicted molar refractivity (Wildman–Crippen MR) is 68.3 cm³/mol. The lowest BCUT2D eigenvalue weighted by molar-refractivity contribution is -0.143. The van der Waals surface area contributed by atoms with Crippen LogP contribution in [0.4, 0.5) is 4.79 Å². The van der Waals surface area contributed by atoms with Crippen molar-refractivity contribution < 1.29 is 14.7 Å². The van der Waals surface area contributed by atoms with E-state index in [0.717, 1.165) is 6.42 Å². The number of amides is 2. The molecule has 1 fully saturated rings. The van der Waals surface area contributed by atoms with E-state index in [1.165, 1.54) is 0 Å². The molecule has 1 unspecified atom stereocenters. The minimum absolute atomic E-state index is 0.228. The van der Waals surface area contributed by atoms with Crippen LogP contribution in [0.2, 0.25) is 0 Å². The van der Waals surface area contributed by atoms with Gasteiger partial charge in [0, 0.05) is 18.3 Å². The number of carboxylic acids is 1. The fourth-order valence-electron chi connectivity index (χ4n) is 1.44. The van der Waals surface area contributed by atoms with E-state index >= 15 is 0 Å². The van der Waals surface area contributed by atoms with Crippen molar-refractivity contribution in [1.82, 2.24) is 10.6 Å². The first-order valence-corrected chi connectivity index (χ1v) is 7.07. The van der Waals surface area contributed by atoms with Crippen LogP contribution in [-0.2, 0) is 4.79 Å². The van der Waals surface area contributed by atoms with E-state index in [2.05, 4.69) is 17.6 Å². The molecule has 1 saturated carbocycles. The summed E-state index contributed by atoms with van der Waals surface area (Å²) in [7, 11) is 0. The third kappa shape index (κ3) is 4.46. The summed E-state index contributed by atoms with van der Waals surface area (Å²) in [6, 6.07) is -0.272. The van der Waals surface area contributed by atoms with Crippen LogP contribution in [0.3, 0.4) is 0 Å². The SMILES string of the molecule is CSC(C)CCNC(=O)NCC1(C(=O)O)CC1. The van der Waals surface area contributed by atoms with Crippen LogP contribution in [0, 0.1) is 5.41 Å². The monoisotopic (exact) mass is 260 g/mol. The summed E-state index contributed by atoms with van der Waals surface area (Å²) in [5.41, 5.74) is -0.691. The van der Waals surface area contributed by atoms with Gasteiger partial charge in [-0.15, -0.1) is 0 Å². The van der Waals surface area contributed by atoms with Gasteiger partial charge in [0.2, 0.25) is 0 Å². The van der Waals surface area contributed by atoms with Crippen molar-refractivity contribution in [3.63, 3.8) is 0 Å². The van der Waals surface area contributed by atoms with Crippen LogP contribution < -0.4 is 10.6 Å². The maximum absolute atomic E-state index is 11.4. The Hall–Kier alpha value is -0.910. The molecule has 6 heteroatoms. The van der Waals surface area contributed by atoms with Gasteiger partial charge in [0.15, 0.2) is 0 Å². The zero-order valence-electron chi connectivity index (χ0n) is 10.3. The Labute approximate surface area is 106 Å². The second-order valence-corrected chi connectivity index (χ2v) is 5.81. The first-order valence-electron chi connectivity index (χ1n) is 5.78. The largest absolute Gasteiger partial charge is 0.481 e. The molecule has 0 aromatic rings. The third-order valence-electron chi connectivity index (χ3n) is 3.13. The van der Waals surface area contributed by atoms with Gasteiger partial charge in [-0.25, -0.2) is 4.79 Å². The Morgan fingerprint density at radius 3 is 2.53 bits per heavy atom. The smallest absolute Gasteiger partial charge is 0.314 e. The molecule has 1 aliphatic rings. The lowest BCUT2D eigenvalue weighted by Crippen LogP contribution is -2.41. The molecular weight excluding hydrogens is 240 g/mol. The minimum Gasteiger partial charge on any atom is -0.481 e. The first kappa shape index (κ1) is 14.2. The molecule has 0 radical (unpaired) electrons. The summed E-state index contributed by atoms with van der Waals surface area (Å²) in [5.74, 6) is -0.811. The summed E-state index contributed by atoms with van der Waals surface area (Å²) in [6.45, 7) is 2.95. The van der Waals surface area contributed by atoms with E-state index in [9.17, 15) is 9.59 Å². The van der Waals surface area contributed by atoms with Gasteiger partial charge in [0.05, 0.1) is 5.41 Å². The van der Waals surface area contributed by atoms with Crippen molar-refractivity contribution in [2.45, 2.75) is 31.4 Å². The highest BCUT2D eigenvalue weighted by Gasteiger charge is 2.50. The topological polar surface area (TPSA) is 78.4 Å². The predicted octanol–water partition coefficient (Wildman–Crippen LogP) is 1.29. The normalized spacial score (nSPS) is 18.2. The van der Waals surface area contributed by atoms with Crippen LogP contribution >= 0.6 is 11.8 Å². The van der Waals surface area contributed by atoms with Gasteiger partial charge < -0.3 is 15.7 Å². The molecule has 1 rings (SSSR count). The number of hydrogen-bond acceptors (Lipinski definition) is 3. The fourth-order valence-corrected chi connectivity index (χ4v) is 1.79. The Morgan fingerprint density at radius 2 is 2.06 bits per heavy atom. The van der Waals surface area contributed by atoms with E-state index in [4.69, 9.17) is 5.11 Å². The summed E-state index contributed by atoms with van der Waals surface area (Å²) < 4.78 is 0. The number of urea groups is 1. The average molecular weight is 260 g/mol. The van der Waals surface area contributed by atoms with Crippen LogP contribution in [0.5, 0.6) is 0 Å². The highest BCUT2D eigenvalue weighted by Crippen LogP contribution is 2.45. The molecule has 0 aliphatic heterocycles. The molecule has 3 N–H and O–H groups in total. The zero-order chi connectivity index (χ0) is 12.9. The molecule has 17 heavy (non-hydrogen) atoms. The average Bonchev–Trinajstić information content (AvgIpc) is 3.07. The molecule has 0 heterocycles. The zero-order valence-corrected chi connectivity index (χ0v) is 11.1. The van der Waals surface area contributed by atoms with E-state index in [1.807, 2.05) is 6.26 Å². The Balaban J connectivity index is 2.12.